The highest BCUT2D eigenvalue weighted by Gasteiger charge is 2.22. The van der Waals surface area contributed by atoms with Crippen LogP contribution in [0, 0.1) is 18.7 Å². The summed E-state index contributed by atoms with van der Waals surface area (Å²) >= 11 is 0. The third-order valence-corrected chi connectivity index (χ3v) is 6.10. The van der Waals surface area contributed by atoms with Gasteiger partial charge in [0, 0.05) is 12.1 Å². The Kier molecular flexibility index (Phi) is 6.00. The number of hydrogen-bond acceptors (Lipinski definition) is 4. The lowest BCUT2D eigenvalue weighted by Crippen LogP contribution is -2.33. The van der Waals surface area contributed by atoms with Gasteiger partial charge >= 0.3 is 0 Å². The molecule has 1 N–H and O–H groups in total. The van der Waals surface area contributed by atoms with E-state index in [1.165, 1.54) is 26.2 Å². The van der Waals surface area contributed by atoms with Gasteiger partial charge in [-0.15, -0.1) is 0 Å². The van der Waals surface area contributed by atoms with Crippen molar-refractivity contribution in [1.29, 1.82) is 0 Å². The fraction of sp³-hybridized carbons (Fsp3) is 0.625. The zero-order valence-corrected chi connectivity index (χ0v) is 14.7. The number of sulfonamides is 1. The summed E-state index contributed by atoms with van der Waals surface area (Å²) in [5.74, 6) is -0.0407. The number of hydrogen-bond donors (Lipinski definition) is 1. The van der Waals surface area contributed by atoms with E-state index in [4.69, 9.17) is 4.74 Å². The maximum Gasteiger partial charge on any atom is 0.240 e. The molecule has 1 aliphatic heterocycles. The Hall–Kier alpha value is -1.18. The van der Waals surface area contributed by atoms with Gasteiger partial charge in [0.1, 0.15) is 0 Å². The predicted molar refractivity (Wildman–Crippen MR) is 87.7 cm³/mol. The van der Waals surface area contributed by atoms with Crippen LogP contribution in [-0.4, -0.2) is 47.1 Å². The molecule has 0 saturated carbocycles. The minimum atomic E-state index is -3.71. The average Bonchev–Trinajstić information content (AvgIpc) is 2.51. The van der Waals surface area contributed by atoms with Gasteiger partial charge in [0.15, 0.2) is 11.6 Å². The van der Waals surface area contributed by atoms with Crippen molar-refractivity contribution in [3.05, 3.63) is 23.5 Å². The lowest BCUT2D eigenvalue weighted by Gasteiger charge is -2.28. The Morgan fingerprint density at radius 3 is 2.61 bits per heavy atom. The first-order valence-electron chi connectivity index (χ1n) is 7.86. The van der Waals surface area contributed by atoms with Crippen LogP contribution in [0.3, 0.4) is 0 Å². The third-order valence-electron chi connectivity index (χ3n) is 4.49. The quantitative estimate of drug-likeness (QED) is 0.859. The normalized spacial score (nSPS) is 17.4. The summed E-state index contributed by atoms with van der Waals surface area (Å²) in [5, 5.41) is 0. The number of methoxy groups -OCH3 is 1. The number of benzene rings is 1. The van der Waals surface area contributed by atoms with Gasteiger partial charge in [0.25, 0.3) is 0 Å². The number of nitrogens with zero attached hydrogens (tertiary/aromatic N) is 1. The first-order valence-corrected chi connectivity index (χ1v) is 9.34. The van der Waals surface area contributed by atoms with Crippen molar-refractivity contribution in [2.75, 3.05) is 33.8 Å². The summed E-state index contributed by atoms with van der Waals surface area (Å²) in [4.78, 5) is 2.25. The number of nitrogens with one attached hydrogen (secondary N) is 1. The lowest BCUT2D eigenvalue weighted by molar-refractivity contribution is 0.213. The van der Waals surface area contributed by atoms with E-state index in [1.807, 2.05) is 0 Å². The fourth-order valence-corrected chi connectivity index (χ4v) is 4.20. The van der Waals surface area contributed by atoms with Crippen molar-refractivity contribution in [3.63, 3.8) is 0 Å². The monoisotopic (exact) mass is 344 g/mol. The first kappa shape index (κ1) is 18.2. The van der Waals surface area contributed by atoms with Crippen LogP contribution in [0.4, 0.5) is 4.39 Å². The van der Waals surface area contributed by atoms with Crippen LogP contribution in [-0.2, 0) is 10.0 Å². The molecule has 5 nitrogen and oxygen atoms in total. The van der Waals surface area contributed by atoms with E-state index in [9.17, 15) is 12.8 Å². The molecule has 23 heavy (non-hydrogen) atoms. The number of halogens is 1. The summed E-state index contributed by atoms with van der Waals surface area (Å²) in [6, 6.07) is 2.73. The van der Waals surface area contributed by atoms with Gasteiger partial charge in [-0.2, -0.15) is 0 Å². The molecule has 1 heterocycles. The van der Waals surface area contributed by atoms with Gasteiger partial charge < -0.3 is 9.64 Å². The molecule has 0 bridgehead atoms. The molecule has 1 fully saturated rings. The summed E-state index contributed by atoms with van der Waals surface area (Å²) in [6.07, 6.45) is 2.99. The third kappa shape index (κ3) is 4.43. The Labute approximate surface area is 137 Å². The molecule has 0 aliphatic carbocycles. The highest BCUT2D eigenvalue weighted by Crippen LogP contribution is 2.26. The van der Waals surface area contributed by atoms with Crippen molar-refractivity contribution >= 4 is 10.0 Å². The van der Waals surface area contributed by atoms with Crippen LogP contribution in [0.2, 0.25) is 0 Å². The average molecular weight is 344 g/mol. The summed E-state index contributed by atoms with van der Waals surface area (Å²) < 4.78 is 46.2. The highest BCUT2D eigenvalue weighted by molar-refractivity contribution is 7.89. The predicted octanol–water partition coefficient (Wildman–Crippen LogP) is 2.15. The van der Waals surface area contributed by atoms with Crippen molar-refractivity contribution in [2.24, 2.45) is 5.92 Å². The van der Waals surface area contributed by atoms with E-state index in [0.717, 1.165) is 32.4 Å². The van der Waals surface area contributed by atoms with Crippen molar-refractivity contribution in [3.8, 4) is 5.75 Å². The Morgan fingerprint density at radius 1 is 1.35 bits per heavy atom. The van der Waals surface area contributed by atoms with Crippen molar-refractivity contribution in [2.45, 2.75) is 31.1 Å². The lowest BCUT2D eigenvalue weighted by atomic mass is 9.94. The van der Waals surface area contributed by atoms with Gasteiger partial charge in [0.2, 0.25) is 10.0 Å². The standard InChI is InChI=1S/C16H25FN2O3S/c1-12-15(5-4-14(22-3)16(12)17)23(20,21)18-9-6-13-7-10-19(2)11-8-13/h4-5,13,18H,6-11H2,1-3H3. The SMILES string of the molecule is COc1ccc(S(=O)(=O)NCCC2CCN(C)CC2)c(C)c1F. The Morgan fingerprint density at radius 2 is 2.00 bits per heavy atom. The molecule has 1 aromatic rings. The number of rotatable bonds is 6. The molecule has 7 heteroatoms. The largest absolute Gasteiger partial charge is 0.494 e. The van der Waals surface area contributed by atoms with Gasteiger partial charge in [0.05, 0.1) is 12.0 Å². The number of likely N-dealkylation sites (tertiary alicyclic amines) is 1. The van der Waals surface area contributed by atoms with E-state index in [2.05, 4.69) is 16.7 Å². The van der Waals surface area contributed by atoms with Gasteiger partial charge in [-0.05, 0) is 64.4 Å². The molecular weight excluding hydrogens is 319 g/mol. The van der Waals surface area contributed by atoms with E-state index in [-0.39, 0.29) is 16.2 Å². The molecule has 1 aromatic carbocycles. The van der Waals surface area contributed by atoms with Gasteiger partial charge in [-0.3, -0.25) is 0 Å². The van der Waals surface area contributed by atoms with Crippen LogP contribution >= 0.6 is 0 Å². The van der Waals surface area contributed by atoms with Crippen LogP contribution in [0.1, 0.15) is 24.8 Å². The highest BCUT2D eigenvalue weighted by atomic mass is 32.2. The fourth-order valence-electron chi connectivity index (χ4n) is 2.92. The van der Waals surface area contributed by atoms with Crippen LogP contribution in [0.15, 0.2) is 17.0 Å². The number of ether oxygens (including phenoxy) is 1. The van der Waals surface area contributed by atoms with Crippen LogP contribution < -0.4 is 9.46 Å². The zero-order chi connectivity index (χ0) is 17.0. The maximum absolute atomic E-state index is 14.0. The second kappa shape index (κ2) is 7.59. The minimum absolute atomic E-state index is 0.0285. The molecule has 0 aromatic heterocycles. The van der Waals surface area contributed by atoms with Crippen molar-refractivity contribution in [1.82, 2.24) is 9.62 Å². The smallest absolute Gasteiger partial charge is 0.240 e. The second-order valence-corrected chi connectivity index (χ2v) is 7.87. The molecule has 0 amide bonds. The summed E-state index contributed by atoms with van der Waals surface area (Å²) in [6.45, 7) is 3.94. The molecule has 130 valence electrons. The molecule has 2 rings (SSSR count). The Bertz CT molecular complexity index is 641. The van der Waals surface area contributed by atoms with Crippen molar-refractivity contribution < 1.29 is 17.5 Å². The molecule has 0 atom stereocenters. The molecule has 0 unspecified atom stereocenters. The van der Waals surface area contributed by atoms with E-state index in [1.54, 1.807) is 0 Å². The minimum Gasteiger partial charge on any atom is -0.494 e. The summed E-state index contributed by atoms with van der Waals surface area (Å²) in [7, 11) is -0.256. The molecule has 0 spiro atoms. The first-order chi connectivity index (χ1) is 10.8. The second-order valence-electron chi connectivity index (χ2n) is 6.14. The maximum atomic E-state index is 14.0. The number of piperidine rings is 1. The van der Waals surface area contributed by atoms with E-state index >= 15 is 0 Å². The molecular formula is C16H25FN2O3S. The molecule has 1 saturated heterocycles. The van der Waals surface area contributed by atoms with Crippen LogP contribution in [0.25, 0.3) is 0 Å². The van der Waals surface area contributed by atoms with E-state index in [0.29, 0.717) is 12.5 Å². The summed E-state index contributed by atoms with van der Waals surface area (Å²) in [5.41, 5.74) is 0.0798. The Balaban J connectivity index is 1.98. The van der Waals surface area contributed by atoms with E-state index < -0.39 is 15.8 Å². The van der Waals surface area contributed by atoms with Crippen LogP contribution in [0.5, 0.6) is 5.75 Å². The zero-order valence-electron chi connectivity index (χ0n) is 13.9. The molecule has 1 aliphatic rings. The molecule has 0 radical (unpaired) electrons. The topological polar surface area (TPSA) is 58.6 Å². The van der Waals surface area contributed by atoms with Gasteiger partial charge in [-0.25, -0.2) is 17.5 Å². The van der Waals surface area contributed by atoms with Gasteiger partial charge in [-0.1, -0.05) is 0 Å².